The van der Waals surface area contributed by atoms with Gasteiger partial charge in [-0.25, -0.2) is 14.8 Å². The van der Waals surface area contributed by atoms with E-state index in [1.54, 1.807) is 18.5 Å². The standard InChI is InChI=1S/C12H15N3O2/c1-12(2,3)17-11(16)15-5-4-10-9(7-15)6-13-8-14-10/h4-6,8H,7H2,1-3H3. The molecule has 0 N–H and O–H groups in total. The van der Waals surface area contributed by atoms with Crippen LogP contribution in [0.4, 0.5) is 4.79 Å². The number of carbonyl (C=O) groups is 1. The van der Waals surface area contributed by atoms with Crippen molar-refractivity contribution < 1.29 is 9.53 Å². The molecule has 0 radical (unpaired) electrons. The Balaban J connectivity index is 2.11. The third-order valence-corrected chi connectivity index (χ3v) is 2.20. The monoisotopic (exact) mass is 233 g/mol. The van der Waals surface area contributed by atoms with Gasteiger partial charge >= 0.3 is 6.09 Å². The van der Waals surface area contributed by atoms with Crippen LogP contribution in [0.3, 0.4) is 0 Å². The van der Waals surface area contributed by atoms with Gasteiger partial charge in [0.25, 0.3) is 0 Å². The van der Waals surface area contributed by atoms with Gasteiger partial charge in [0.15, 0.2) is 0 Å². The summed E-state index contributed by atoms with van der Waals surface area (Å²) in [4.78, 5) is 21.4. The molecule has 5 nitrogen and oxygen atoms in total. The van der Waals surface area contributed by atoms with E-state index in [9.17, 15) is 4.79 Å². The van der Waals surface area contributed by atoms with Crippen LogP contribution < -0.4 is 0 Å². The molecule has 0 saturated carbocycles. The molecule has 0 spiro atoms. The predicted octanol–water partition coefficient (Wildman–Crippen LogP) is 2.20. The van der Waals surface area contributed by atoms with Crippen LogP contribution in [-0.4, -0.2) is 26.6 Å². The lowest BCUT2D eigenvalue weighted by Crippen LogP contribution is -2.34. The Morgan fingerprint density at radius 1 is 1.47 bits per heavy atom. The second-order valence-corrected chi connectivity index (χ2v) is 4.86. The molecule has 2 heterocycles. The highest BCUT2D eigenvalue weighted by Crippen LogP contribution is 2.19. The lowest BCUT2D eigenvalue weighted by molar-refractivity contribution is 0.0322. The van der Waals surface area contributed by atoms with Gasteiger partial charge in [-0.15, -0.1) is 0 Å². The molecule has 0 aromatic carbocycles. The molecule has 1 aliphatic rings. The number of ether oxygens (including phenoxy) is 1. The van der Waals surface area contributed by atoms with Gasteiger partial charge in [-0.05, 0) is 26.8 Å². The fourth-order valence-electron chi connectivity index (χ4n) is 1.48. The van der Waals surface area contributed by atoms with E-state index in [1.807, 2.05) is 20.8 Å². The second kappa shape index (κ2) is 4.16. The number of nitrogens with zero attached hydrogens (tertiary/aromatic N) is 3. The van der Waals surface area contributed by atoms with Crippen molar-refractivity contribution >= 4 is 12.2 Å². The third kappa shape index (κ3) is 2.81. The average molecular weight is 233 g/mol. The Kier molecular flexibility index (Phi) is 2.83. The summed E-state index contributed by atoms with van der Waals surface area (Å²) < 4.78 is 5.29. The van der Waals surface area contributed by atoms with Crippen molar-refractivity contribution in [1.29, 1.82) is 0 Å². The Hall–Kier alpha value is -1.91. The van der Waals surface area contributed by atoms with Gasteiger partial charge in [0, 0.05) is 18.0 Å². The van der Waals surface area contributed by atoms with E-state index in [0.29, 0.717) is 6.54 Å². The smallest absolute Gasteiger partial charge is 0.414 e. The van der Waals surface area contributed by atoms with Gasteiger partial charge in [-0.1, -0.05) is 0 Å². The Labute approximate surface area is 100 Å². The van der Waals surface area contributed by atoms with Crippen LogP contribution in [0.1, 0.15) is 32.0 Å². The van der Waals surface area contributed by atoms with Crippen molar-refractivity contribution in [2.45, 2.75) is 32.9 Å². The summed E-state index contributed by atoms with van der Waals surface area (Å²) in [7, 11) is 0. The van der Waals surface area contributed by atoms with Gasteiger partial charge in [-0.2, -0.15) is 0 Å². The quantitative estimate of drug-likeness (QED) is 0.689. The Morgan fingerprint density at radius 2 is 2.24 bits per heavy atom. The van der Waals surface area contributed by atoms with E-state index in [0.717, 1.165) is 11.3 Å². The molecule has 0 aliphatic carbocycles. The van der Waals surface area contributed by atoms with Crippen LogP contribution in [0.5, 0.6) is 0 Å². The van der Waals surface area contributed by atoms with Crippen LogP contribution in [0.15, 0.2) is 18.7 Å². The van der Waals surface area contributed by atoms with Gasteiger partial charge in [0.05, 0.1) is 12.2 Å². The first-order chi connectivity index (χ1) is 7.96. The fourth-order valence-corrected chi connectivity index (χ4v) is 1.48. The lowest BCUT2D eigenvalue weighted by atomic mass is 10.1. The summed E-state index contributed by atoms with van der Waals surface area (Å²) in [6, 6.07) is 0. The maximum atomic E-state index is 11.8. The SMILES string of the molecule is CC(C)(C)OC(=O)N1C=Cc2ncncc2C1. The molecular weight excluding hydrogens is 218 g/mol. The van der Waals surface area contributed by atoms with Gasteiger partial charge in [-0.3, -0.25) is 4.90 Å². The van der Waals surface area contributed by atoms with Gasteiger partial charge in [0.1, 0.15) is 11.9 Å². The van der Waals surface area contributed by atoms with Crippen molar-refractivity contribution in [3.05, 3.63) is 30.0 Å². The molecule has 0 unspecified atom stereocenters. The maximum Gasteiger partial charge on any atom is 0.414 e. The summed E-state index contributed by atoms with van der Waals surface area (Å²) in [5, 5.41) is 0. The van der Waals surface area contributed by atoms with Crippen molar-refractivity contribution in [1.82, 2.24) is 14.9 Å². The summed E-state index contributed by atoms with van der Waals surface area (Å²) in [6.07, 6.45) is 6.31. The highest BCUT2D eigenvalue weighted by atomic mass is 16.6. The molecule has 0 fully saturated rings. The van der Waals surface area contributed by atoms with Crippen LogP contribution in [0.2, 0.25) is 0 Å². The Morgan fingerprint density at radius 3 is 2.94 bits per heavy atom. The first kappa shape index (κ1) is 11.6. The molecular formula is C12H15N3O2. The highest BCUT2D eigenvalue weighted by Gasteiger charge is 2.23. The topological polar surface area (TPSA) is 55.3 Å². The number of hydrogen-bond acceptors (Lipinski definition) is 4. The maximum absolute atomic E-state index is 11.8. The second-order valence-electron chi connectivity index (χ2n) is 4.86. The van der Waals surface area contributed by atoms with Crippen molar-refractivity contribution in [3.63, 3.8) is 0 Å². The van der Waals surface area contributed by atoms with Crippen LogP contribution in [0, 0.1) is 0 Å². The molecule has 0 atom stereocenters. The van der Waals surface area contributed by atoms with Crippen molar-refractivity contribution in [2.24, 2.45) is 0 Å². The predicted molar refractivity (Wildman–Crippen MR) is 62.8 cm³/mol. The van der Waals surface area contributed by atoms with Gasteiger partial charge < -0.3 is 4.74 Å². The molecule has 1 aromatic rings. The third-order valence-electron chi connectivity index (χ3n) is 2.20. The first-order valence-corrected chi connectivity index (χ1v) is 5.42. The highest BCUT2D eigenvalue weighted by molar-refractivity contribution is 5.72. The summed E-state index contributed by atoms with van der Waals surface area (Å²) in [5.41, 5.74) is 1.28. The van der Waals surface area contributed by atoms with E-state index in [-0.39, 0.29) is 6.09 Å². The summed E-state index contributed by atoms with van der Waals surface area (Å²) in [5.74, 6) is 0. The molecule has 0 bridgehead atoms. The molecule has 0 saturated heterocycles. The summed E-state index contributed by atoms with van der Waals surface area (Å²) >= 11 is 0. The number of aromatic nitrogens is 2. The number of amides is 1. The molecule has 1 aromatic heterocycles. The summed E-state index contributed by atoms with van der Waals surface area (Å²) in [6.45, 7) is 5.97. The zero-order valence-corrected chi connectivity index (χ0v) is 10.2. The molecule has 1 aliphatic heterocycles. The van der Waals surface area contributed by atoms with Gasteiger partial charge in [0.2, 0.25) is 0 Å². The van der Waals surface area contributed by atoms with Crippen LogP contribution in [-0.2, 0) is 11.3 Å². The molecule has 2 rings (SSSR count). The number of rotatable bonds is 0. The van der Waals surface area contributed by atoms with E-state index < -0.39 is 5.60 Å². The number of carbonyl (C=O) groups excluding carboxylic acids is 1. The first-order valence-electron chi connectivity index (χ1n) is 5.42. The van der Waals surface area contributed by atoms with Crippen molar-refractivity contribution in [2.75, 3.05) is 0 Å². The number of hydrogen-bond donors (Lipinski definition) is 0. The molecule has 90 valence electrons. The normalized spacial score (nSPS) is 14.4. The van der Waals surface area contributed by atoms with Crippen LogP contribution >= 0.6 is 0 Å². The minimum Gasteiger partial charge on any atom is -0.443 e. The minimum absolute atomic E-state index is 0.358. The zero-order chi connectivity index (χ0) is 12.5. The van der Waals surface area contributed by atoms with E-state index >= 15 is 0 Å². The fraction of sp³-hybridized carbons (Fsp3) is 0.417. The molecule has 17 heavy (non-hydrogen) atoms. The van der Waals surface area contributed by atoms with E-state index in [2.05, 4.69) is 9.97 Å². The largest absolute Gasteiger partial charge is 0.443 e. The molecule has 5 heteroatoms. The average Bonchev–Trinajstić information content (AvgIpc) is 2.26. The minimum atomic E-state index is -0.488. The Bertz CT molecular complexity index is 463. The lowest BCUT2D eigenvalue weighted by Gasteiger charge is -2.27. The van der Waals surface area contributed by atoms with E-state index in [4.69, 9.17) is 4.74 Å². The van der Waals surface area contributed by atoms with Crippen LogP contribution in [0.25, 0.3) is 6.08 Å². The zero-order valence-electron chi connectivity index (χ0n) is 10.2. The number of fused-ring (bicyclic) bond motifs is 1. The van der Waals surface area contributed by atoms with Crippen molar-refractivity contribution in [3.8, 4) is 0 Å². The van der Waals surface area contributed by atoms with E-state index in [1.165, 1.54) is 11.2 Å². The molecule has 1 amide bonds.